The lowest BCUT2D eigenvalue weighted by molar-refractivity contribution is 0.417. The van der Waals surface area contributed by atoms with Gasteiger partial charge in [-0.2, -0.15) is 9.78 Å². The van der Waals surface area contributed by atoms with Gasteiger partial charge in [0.1, 0.15) is 0 Å². The topological polar surface area (TPSA) is 43.1 Å². The molecule has 1 aromatic carbocycles. The van der Waals surface area contributed by atoms with Crippen LogP contribution in [0, 0.1) is 11.6 Å². The van der Waals surface area contributed by atoms with Crippen LogP contribution < -0.4 is 0 Å². The molecule has 2 aromatic rings. The lowest BCUT2D eigenvalue weighted by Gasteiger charge is -2.23. The lowest BCUT2D eigenvalue weighted by atomic mass is 9.89. The van der Waals surface area contributed by atoms with Crippen molar-refractivity contribution in [1.29, 1.82) is 0 Å². The number of aromatic nitrogens is 3. The molecule has 1 saturated carbocycles. The van der Waals surface area contributed by atoms with Crippen LogP contribution in [0.15, 0.2) is 28.5 Å². The van der Waals surface area contributed by atoms with Gasteiger partial charge in [0.25, 0.3) is 0 Å². The number of benzene rings is 1. The van der Waals surface area contributed by atoms with Crippen molar-refractivity contribution in [3.05, 3.63) is 41.2 Å². The minimum Gasteiger partial charge on any atom is -0.204 e. The molecule has 1 aliphatic heterocycles. The second-order valence-electron chi connectivity index (χ2n) is 6.36. The third-order valence-electron chi connectivity index (χ3n) is 4.70. The molecule has 7 heteroatoms. The maximum Gasteiger partial charge on any atom is 0.212 e. The van der Waals surface area contributed by atoms with Gasteiger partial charge in [-0.3, -0.25) is 0 Å². The molecule has 24 heavy (non-hydrogen) atoms. The minimum atomic E-state index is -0.852. The van der Waals surface area contributed by atoms with Gasteiger partial charge < -0.3 is 0 Å². The lowest BCUT2D eigenvalue weighted by Crippen LogP contribution is -2.23. The molecule has 0 bridgehead atoms. The highest BCUT2D eigenvalue weighted by Gasteiger charge is 2.29. The SMILES string of the molecule is C[C@@H]1Sc2nnc(C3CCCCC3)n2N=C1c1ccc(F)c(F)c1. The maximum atomic E-state index is 13.6. The van der Waals surface area contributed by atoms with Gasteiger partial charge in [-0.15, -0.1) is 10.2 Å². The molecule has 1 fully saturated rings. The van der Waals surface area contributed by atoms with Crippen LogP contribution in [0.25, 0.3) is 0 Å². The summed E-state index contributed by atoms with van der Waals surface area (Å²) in [6.07, 6.45) is 5.89. The number of hydrogen-bond donors (Lipinski definition) is 0. The predicted octanol–water partition coefficient (Wildman–Crippen LogP) is 4.35. The van der Waals surface area contributed by atoms with Gasteiger partial charge in [-0.1, -0.05) is 31.0 Å². The molecular formula is C17H18F2N4S. The smallest absolute Gasteiger partial charge is 0.204 e. The summed E-state index contributed by atoms with van der Waals surface area (Å²) in [6, 6.07) is 3.93. The van der Waals surface area contributed by atoms with E-state index >= 15 is 0 Å². The van der Waals surface area contributed by atoms with Crippen molar-refractivity contribution in [3.63, 3.8) is 0 Å². The van der Waals surface area contributed by atoms with Crippen LogP contribution in [-0.4, -0.2) is 25.8 Å². The molecule has 0 radical (unpaired) electrons. The molecule has 4 nitrogen and oxygen atoms in total. The summed E-state index contributed by atoms with van der Waals surface area (Å²) in [7, 11) is 0. The molecule has 2 aliphatic rings. The van der Waals surface area contributed by atoms with E-state index in [-0.39, 0.29) is 5.25 Å². The van der Waals surface area contributed by atoms with Crippen molar-refractivity contribution in [1.82, 2.24) is 14.9 Å². The van der Waals surface area contributed by atoms with Gasteiger partial charge in [0.15, 0.2) is 17.5 Å². The second-order valence-corrected chi connectivity index (χ2v) is 7.67. The van der Waals surface area contributed by atoms with Gasteiger partial charge in [-0.05, 0) is 38.0 Å². The van der Waals surface area contributed by atoms with Crippen LogP contribution in [0.3, 0.4) is 0 Å². The number of hydrogen-bond acceptors (Lipinski definition) is 4. The number of thioether (sulfide) groups is 1. The molecule has 0 unspecified atom stereocenters. The highest BCUT2D eigenvalue weighted by atomic mass is 32.2. The first-order valence-electron chi connectivity index (χ1n) is 8.30. The predicted molar refractivity (Wildman–Crippen MR) is 89.5 cm³/mol. The largest absolute Gasteiger partial charge is 0.212 e. The zero-order valence-electron chi connectivity index (χ0n) is 13.4. The summed E-state index contributed by atoms with van der Waals surface area (Å²) in [5.74, 6) is -0.425. The molecule has 2 heterocycles. The normalized spacial score (nSPS) is 21.5. The zero-order chi connectivity index (χ0) is 16.7. The fraction of sp³-hybridized carbons (Fsp3) is 0.471. The van der Waals surface area contributed by atoms with Gasteiger partial charge in [-0.25, -0.2) is 8.78 Å². The summed E-state index contributed by atoms with van der Waals surface area (Å²) in [5.41, 5.74) is 1.33. The average molecular weight is 348 g/mol. The Hall–Kier alpha value is -1.76. The van der Waals surface area contributed by atoms with Crippen LogP contribution in [0.2, 0.25) is 0 Å². The number of nitrogens with zero attached hydrogens (tertiary/aromatic N) is 4. The van der Waals surface area contributed by atoms with Crippen molar-refractivity contribution in [2.75, 3.05) is 0 Å². The summed E-state index contributed by atoms with van der Waals surface area (Å²) in [5, 5.41) is 14.1. The first-order chi connectivity index (χ1) is 11.6. The third kappa shape index (κ3) is 2.75. The molecule has 0 amide bonds. The zero-order valence-corrected chi connectivity index (χ0v) is 14.2. The molecule has 126 valence electrons. The van der Waals surface area contributed by atoms with Crippen molar-refractivity contribution in [2.24, 2.45) is 5.10 Å². The molecule has 1 atom stereocenters. The fourth-order valence-electron chi connectivity index (χ4n) is 3.41. The quantitative estimate of drug-likeness (QED) is 0.810. The van der Waals surface area contributed by atoms with Crippen LogP contribution in [-0.2, 0) is 0 Å². The molecule has 1 aromatic heterocycles. The number of halogens is 2. The van der Waals surface area contributed by atoms with E-state index < -0.39 is 11.6 Å². The molecule has 4 rings (SSSR count). The summed E-state index contributed by atoms with van der Waals surface area (Å²) < 4.78 is 28.6. The van der Waals surface area contributed by atoms with Crippen molar-refractivity contribution in [3.8, 4) is 0 Å². The van der Waals surface area contributed by atoms with E-state index in [0.717, 1.165) is 35.6 Å². The van der Waals surface area contributed by atoms with E-state index in [0.29, 0.717) is 11.5 Å². The van der Waals surface area contributed by atoms with E-state index in [2.05, 4.69) is 10.2 Å². The number of rotatable bonds is 2. The first-order valence-corrected chi connectivity index (χ1v) is 9.17. The summed E-state index contributed by atoms with van der Waals surface area (Å²) in [4.78, 5) is 0. The van der Waals surface area contributed by atoms with Crippen LogP contribution in [0.5, 0.6) is 0 Å². The van der Waals surface area contributed by atoms with Crippen molar-refractivity contribution in [2.45, 2.75) is 55.4 Å². The third-order valence-corrected chi connectivity index (χ3v) is 5.74. The van der Waals surface area contributed by atoms with Gasteiger partial charge in [0.05, 0.1) is 11.0 Å². The minimum absolute atomic E-state index is 0.00534. The van der Waals surface area contributed by atoms with E-state index in [1.54, 1.807) is 22.5 Å². The maximum absolute atomic E-state index is 13.6. The van der Waals surface area contributed by atoms with E-state index in [1.807, 2.05) is 6.92 Å². The highest BCUT2D eigenvalue weighted by Crippen LogP contribution is 2.36. The van der Waals surface area contributed by atoms with Gasteiger partial charge in [0, 0.05) is 11.5 Å². The highest BCUT2D eigenvalue weighted by molar-refractivity contribution is 8.00. The molecular weight excluding hydrogens is 330 g/mol. The first kappa shape index (κ1) is 15.7. The molecule has 0 N–H and O–H groups in total. The Morgan fingerprint density at radius 3 is 2.62 bits per heavy atom. The van der Waals surface area contributed by atoms with E-state index in [4.69, 9.17) is 5.10 Å². The Labute approximate surface area is 143 Å². The molecule has 0 spiro atoms. The summed E-state index contributed by atoms with van der Waals surface area (Å²) >= 11 is 1.55. The summed E-state index contributed by atoms with van der Waals surface area (Å²) in [6.45, 7) is 1.99. The standard InChI is InChI=1S/C17H18F2N4S/c1-10-15(12-7-8-13(18)14(19)9-12)22-23-16(20-21-17(23)24-10)11-5-3-2-4-6-11/h7-11H,2-6H2,1H3/t10-/m0/s1. The van der Waals surface area contributed by atoms with Crippen LogP contribution >= 0.6 is 11.8 Å². The second kappa shape index (κ2) is 6.27. The average Bonchev–Trinajstić information content (AvgIpc) is 3.00. The van der Waals surface area contributed by atoms with E-state index in [1.165, 1.54) is 25.3 Å². The van der Waals surface area contributed by atoms with Gasteiger partial charge >= 0.3 is 0 Å². The fourth-order valence-corrected chi connectivity index (χ4v) is 4.34. The van der Waals surface area contributed by atoms with Crippen LogP contribution in [0.4, 0.5) is 8.78 Å². The Balaban J connectivity index is 1.74. The van der Waals surface area contributed by atoms with Gasteiger partial charge in [0.2, 0.25) is 5.16 Å². The van der Waals surface area contributed by atoms with Crippen LogP contribution in [0.1, 0.15) is 56.3 Å². The Bertz CT molecular complexity index is 796. The molecule has 1 aliphatic carbocycles. The van der Waals surface area contributed by atoms with Crippen molar-refractivity contribution < 1.29 is 8.78 Å². The van der Waals surface area contributed by atoms with Crippen molar-refractivity contribution >= 4 is 17.5 Å². The molecule has 0 saturated heterocycles. The van der Waals surface area contributed by atoms with E-state index in [9.17, 15) is 8.78 Å². The Kier molecular flexibility index (Phi) is 4.12. The Morgan fingerprint density at radius 1 is 1.08 bits per heavy atom. The number of fused-ring (bicyclic) bond motifs is 1. The monoisotopic (exact) mass is 348 g/mol. The Morgan fingerprint density at radius 2 is 1.88 bits per heavy atom.